The second-order valence-corrected chi connectivity index (χ2v) is 7.83. The zero-order valence-electron chi connectivity index (χ0n) is 14.5. The lowest BCUT2D eigenvalue weighted by Crippen LogP contribution is -2.53. The van der Waals surface area contributed by atoms with Gasteiger partial charge in [-0.25, -0.2) is 4.79 Å². The third-order valence-electron chi connectivity index (χ3n) is 5.09. The third-order valence-corrected chi connectivity index (χ3v) is 5.56. The van der Waals surface area contributed by atoms with Crippen LogP contribution in [0.25, 0.3) is 0 Å². The molecule has 0 unspecified atom stereocenters. The quantitative estimate of drug-likeness (QED) is 0.725. The molecule has 0 aromatic heterocycles. The number of nitrogens with one attached hydrogen (secondary N) is 1. The van der Waals surface area contributed by atoms with Crippen LogP contribution in [0.15, 0.2) is 42.5 Å². The smallest absolute Gasteiger partial charge is 0.321 e. The summed E-state index contributed by atoms with van der Waals surface area (Å²) in [7, 11) is 0. The molecule has 7 heteroatoms. The highest BCUT2D eigenvalue weighted by atomic mass is 35.5. The zero-order chi connectivity index (χ0) is 19.0. The first-order valence-electron chi connectivity index (χ1n) is 8.77. The molecule has 140 valence electrons. The Hall–Kier alpha value is -2.24. The topological polar surface area (TPSA) is 58.6 Å². The Morgan fingerprint density at radius 2 is 1.81 bits per heavy atom. The normalized spacial score (nSPS) is 18.0. The summed E-state index contributed by atoms with van der Waals surface area (Å²) in [5.74, 6) is 0.614. The van der Waals surface area contributed by atoms with Crippen LogP contribution in [0.3, 0.4) is 0 Å². The predicted octanol–water partition coefficient (Wildman–Crippen LogP) is 5.03. The molecule has 1 saturated heterocycles. The number of piperidine rings is 1. The zero-order valence-corrected chi connectivity index (χ0v) is 16.0. The fourth-order valence-corrected chi connectivity index (χ4v) is 3.99. The van der Waals surface area contributed by atoms with Crippen molar-refractivity contribution >= 4 is 40.7 Å². The maximum Gasteiger partial charge on any atom is 0.321 e. The number of ketones is 1. The largest absolute Gasteiger partial charge is 0.486 e. The summed E-state index contributed by atoms with van der Waals surface area (Å²) in [4.78, 5) is 26.8. The van der Waals surface area contributed by atoms with Gasteiger partial charge in [-0.2, -0.15) is 0 Å². The number of carbonyl (C=O) groups is 2. The van der Waals surface area contributed by atoms with Crippen molar-refractivity contribution in [3.05, 3.63) is 58.1 Å². The number of anilines is 1. The standard InChI is InChI=1S/C20H18Cl2N2O3/c21-13-2-1-3-15(10-13)23-19(26)24-8-6-20(7-9-24)12-17(25)16-11-14(22)4-5-18(16)27-20/h1-5,10-11H,6-9,12H2,(H,23,26). The Balaban J connectivity index is 1.42. The molecule has 1 N–H and O–H groups in total. The van der Waals surface area contributed by atoms with Gasteiger partial charge in [0.15, 0.2) is 5.78 Å². The number of Topliss-reactive ketones (excluding diaryl/α,β-unsaturated/α-hetero) is 1. The Morgan fingerprint density at radius 1 is 1.07 bits per heavy atom. The van der Waals surface area contributed by atoms with Gasteiger partial charge in [0, 0.05) is 41.7 Å². The van der Waals surface area contributed by atoms with Crippen LogP contribution in [0.1, 0.15) is 29.6 Å². The number of likely N-dealkylation sites (tertiary alicyclic amines) is 1. The van der Waals surface area contributed by atoms with Crippen molar-refractivity contribution in [1.82, 2.24) is 4.90 Å². The van der Waals surface area contributed by atoms with Gasteiger partial charge < -0.3 is 15.0 Å². The van der Waals surface area contributed by atoms with Gasteiger partial charge in [-0.05, 0) is 36.4 Å². The first kappa shape index (κ1) is 18.1. The van der Waals surface area contributed by atoms with E-state index in [0.29, 0.717) is 59.4 Å². The molecule has 27 heavy (non-hydrogen) atoms. The maximum absolute atomic E-state index is 12.6. The summed E-state index contributed by atoms with van der Waals surface area (Å²) in [5.41, 5.74) is 0.641. The molecule has 0 radical (unpaired) electrons. The van der Waals surface area contributed by atoms with Gasteiger partial charge in [0.2, 0.25) is 0 Å². The number of halogens is 2. The monoisotopic (exact) mass is 404 g/mol. The fourth-order valence-electron chi connectivity index (χ4n) is 3.63. The Morgan fingerprint density at radius 3 is 2.56 bits per heavy atom. The van der Waals surface area contributed by atoms with Crippen LogP contribution in [0.2, 0.25) is 10.0 Å². The molecule has 2 amide bonds. The molecule has 0 bridgehead atoms. The van der Waals surface area contributed by atoms with E-state index < -0.39 is 5.60 Å². The SMILES string of the molecule is O=C1CC2(CCN(C(=O)Nc3cccc(Cl)c3)CC2)Oc2ccc(Cl)cc21. The number of rotatable bonds is 1. The minimum absolute atomic E-state index is 0.0376. The average Bonchev–Trinajstić information content (AvgIpc) is 2.63. The van der Waals surface area contributed by atoms with Crippen LogP contribution in [0.5, 0.6) is 5.75 Å². The number of urea groups is 1. The van der Waals surface area contributed by atoms with Crippen molar-refractivity contribution in [2.24, 2.45) is 0 Å². The number of carbonyl (C=O) groups excluding carboxylic acids is 2. The lowest BCUT2D eigenvalue weighted by Gasteiger charge is -2.43. The van der Waals surface area contributed by atoms with E-state index in [4.69, 9.17) is 27.9 Å². The van der Waals surface area contributed by atoms with Crippen molar-refractivity contribution in [3.8, 4) is 5.75 Å². The van der Waals surface area contributed by atoms with Crippen molar-refractivity contribution in [2.45, 2.75) is 24.9 Å². The van der Waals surface area contributed by atoms with E-state index in [1.807, 2.05) is 0 Å². The van der Waals surface area contributed by atoms with Crippen molar-refractivity contribution in [1.29, 1.82) is 0 Å². The summed E-state index contributed by atoms with van der Waals surface area (Å²) in [6.07, 6.45) is 1.51. The second kappa shape index (κ2) is 7.06. The molecular formula is C20H18Cl2N2O3. The first-order valence-corrected chi connectivity index (χ1v) is 9.53. The van der Waals surface area contributed by atoms with Gasteiger partial charge in [-0.3, -0.25) is 4.79 Å². The van der Waals surface area contributed by atoms with Gasteiger partial charge in [-0.1, -0.05) is 29.3 Å². The van der Waals surface area contributed by atoms with Crippen LogP contribution in [0.4, 0.5) is 10.5 Å². The molecule has 2 heterocycles. The number of benzene rings is 2. The van der Waals surface area contributed by atoms with Crippen LogP contribution >= 0.6 is 23.2 Å². The summed E-state index contributed by atoms with van der Waals surface area (Å²) < 4.78 is 6.19. The Labute approximate surface area is 167 Å². The molecule has 0 atom stereocenters. The molecule has 2 aliphatic heterocycles. The number of nitrogens with zero attached hydrogens (tertiary/aromatic N) is 1. The Kier molecular flexibility index (Phi) is 4.74. The maximum atomic E-state index is 12.6. The molecule has 1 spiro atoms. The number of amides is 2. The van der Waals surface area contributed by atoms with E-state index >= 15 is 0 Å². The van der Waals surface area contributed by atoms with Crippen LogP contribution in [-0.2, 0) is 0 Å². The molecule has 0 aliphatic carbocycles. The van der Waals surface area contributed by atoms with Crippen LogP contribution in [0, 0.1) is 0 Å². The first-order chi connectivity index (χ1) is 12.9. The van der Waals surface area contributed by atoms with Crippen LogP contribution in [-0.4, -0.2) is 35.4 Å². The predicted molar refractivity (Wildman–Crippen MR) is 105 cm³/mol. The molecular weight excluding hydrogens is 387 g/mol. The minimum atomic E-state index is -0.551. The highest BCUT2D eigenvalue weighted by Crippen LogP contribution is 2.40. The number of hydrogen-bond acceptors (Lipinski definition) is 3. The van der Waals surface area contributed by atoms with E-state index in [2.05, 4.69) is 5.32 Å². The van der Waals surface area contributed by atoms with E-state index in [9.17, 15) is 9.59 Å². The summed E-state index contributed by atoms with van der Waals surface area (Å²) in [6.45, 7) is 1.03. The summed E-state index contributed by atoms with van der Waals surface area (Å²) in [5, 5.41) is 3.94. The molecule has 2 aromatic rings. The third kappa shape index (κ3) is 3.75. The average molecular weight is 405 g/mol. The highest BCUT2D eigenvalue weighted by Gasteiger charge is 2.43. The van der Waals surface area contributed by atoms with Gasteiger partial charge in [0.05, 0.1) is 12.0 Å². The summed E-state index contributed by atoms with van der Waals surface area (Å²) in [6, 6.07) is 12.0. The molecule has 2 aliphatic rings. The van der Waals surface area contributed by atoms with Crippen molar-refractivity contribution in [3.63, 3.8) is 0 Å². The van der Waals surface area contributed by atoms with E-state index in [1.54, 1.807) is 47.4 Å². The van der Waals surface area contributed by atoms with Gasteiger partial charge in [-0.15, -0.1) is 0 Å². The van der Waals surface area contributed by atoms with Gasteiger partial charge in [0.25, 0.3) is 0 Å². The number of fused-ring (bicyclic) bond motifs is 1. The molecule has 1 fully saturated rings. The lowest BCUT2D eigenvalue weighted by atomic mass is 9.82. The number of ether oxygens (including phenoxy) is 1. The van der Waals surface area contributed by atoms with Crippen molar-refractivity contribution < 1.29 is 14.3 Å². The highest BCUT2D eigenvalue weighted by molar-refractivity contribution is 6.31. The Bertz CT molecular complexity index is 908. The summed E-state index contributed by atoms with van der Waals surface area (Å²) >= 11 is 11.9. The van der Waals surface area contributed by atoms with E-state index in [-0.39, 0.29) is 11.8 Å². The fraction of sp³-hybridized carbons (Fsp3) is 0.300. The van der Waals surface area contributed by atoms with E-state index in [0.717, 1.165) is 0 Å². The minimum Gasteiger partial charge on any atom is -0.486 e. The number of hydrogen-bond donors (Lipinski definition) is 1. The molecule has 4 rings (SSSR count). The van der Waals surface area contributed by atoms with Crippen molar-refractivity contribution in [2.75, 3.05) is 18.4 Å². The lowest BCUT2D eigenvalue weighted by molar-refractivity contribution is 0.000391. The second-order valence-electron chi connectivity index (χ2n) is 6.95. The molecule has 0 saturated carbocycles. The van der Waals surface area contributed by atoms with Gasteiger partial charge in [0.1, 0.15) is 11.4 Å². The van der Waals surface area contributed by atoms with Gasteiger partial charge >= 0.3 is 6.03 Å². The van der Waals surface area contributed by atoms with E-state index in [1.165, 1.54) is 0 Å². The van der Waals surface area contributed by atoms with Crippen LogP contribution < -0.4 is 10.1 Å². The molecule has 5 nitrogen and oxygen atoms in total. The molecule has 2 aromatic carbocycles.